The Morgan fingerprint density at radius 2 is 1.65 bits per heavy atom. The van der Waals surface area contributed by atoms with Crippen LogP contribution in [0.4, 0.5) is 0 Å². The van der Waals surface area contributed by atoms with Gasteiger partial charge in [0.1, 0.15) is 12.4 Å². The Bertz CT molecular complexity index is 926. The van der Waals surface area contributed by atoms with Crippen molar-refractivity contribution in [1.82, 2.24) is 14.1 Å². The van der Waals surface area contributed by atoms with E-state index < -0.39 is 10.0 Å². The molecule has 2 aromatic rings. The third kappa shape index (κ3) is 5.66. The lowest BCUT2D eigenvalue weighted by atomic mass is 10.1. The molecule has 2 aliphatic heterocycles. The number of para-hydroxylation sites is 1. The molecule has 31 heavy (non-hydrogen) atoms. The summed E-state index contributed by atoms with van der Waals surface area (Å²) in [7, 11) is -3.42. The highest BCUT2D eigenvalue weighted by atomic mass is 32.2. The molecule has 0 aromatic heterocycles. The van der Waals surface area contributed by atoms with Gasteiger partial charge in [-0.15, -0.1) is 0 Å². The molecule has 1 atom stereocenters. The summed E-state index contributed by atoms with van der Waals surface area (Å²) in [5, 5.41) is 0. The number of piperazine rings is 1. The Kier molecular flexibility index (Phi) is 7.27. The summed E-state index contributed by atoms with van der Waals surface area (Å²) in [4.78, 5) is 5.32. The molecule has 0 aliphatic carbocycles. The summed E-state index contributed by atoms with van der Waals surface area (Å²) >= 11 is 0. The maximum absolute atomic E-state index is 13.1. The van der Waals surface area contributed by atoms with Crippen LogP contribution in [0.15, 0.2) is 59.5 Å². The minimum atomic E-state index is -3.42. The van der Waals surface area contributed by atoms with Crippen LogP contribution < -0.4 is 4.74 Å². The lowest BCUT2D eigenvalue weighted by Crippen LogP contribution is -2.56. The zero-order valence-corrected chi connectivity index (χ0v) is 19.1. The fourth-order valence-electron chi connectivity index (χ4n) is 4.46. The average molecular weight is 444 g/mol. The molecule has 0 radical (unpaired) electrons. The Hall–Kier alpha value is -1.93. The van der Waals surface area contributed by atoms with Crippen molar-refractivity contribution in [3.63, 3.8) is 0 Å². The van der Waals surface area contributed by atoms with Gasteiger partial charge in [0, 0.05) is 51.9 Å². The van der Waals surface area contributed by atoms with Crippen LogP contribution in [0, 0.1) is 6.92 Å². The van der Waals surface area contributed by atoms with Gasteiger partial charge in [0.2, 0.25) is 10.0 Å². The van der Waals surface area contributed by atoms with E-state index in [2.05, 4.69) is 9.80 Å². The molecule has 1 unspecified atom stereocenters. The number of benzene rings is 2. The summed E-state index contributed by atoms with van der Waals surface area (Å²) in [5.74, 6) is 0.915. The maximum Gasteiger partial charge on any atom is 0.243 e. The molecule has 2 saturated heterocycles. The summed E-state index contributed by atoms with van der Waals surface area (Å²) < 4.78 is 33.7. The molecule has 2 aromatic carbocycles. The Morgan fingerprint density at radius 3 is 2.35 bits per heavy atom. The fourth-order valence-corrected chi connectivity index (χ4v) is 5.97. The molecular formula is C24H33N3O3S. The number of hydrogen-bond donors (Lipinski definition) is 0. The van der Waals surface area contributed by atoms with E-state index in [4.69, 9.17) is 4.74 Å². The molecule has 6 nitrogen and oxygen atoms in total. The van der Waals surface area contributed by atoms with Crippen molar-refractivity contribution in [2.45, 2.75) is 30.7 Å². The lowest BCUT2D eigenvalue weighted by Gasteiger charge is -2.43. The Labute approximate surface area is 186 Å². The van der Waals surface area contributed by atoms with E-state index in [1.807, 2.05) is 49.4 Å². The number of nitrogens with zero attached hydrogens (tertiary/aromatic N) is 3. The van der Waals surface area contributed by atoms with Gasteiger partial charge in [0.15, 0.2) is 0 Å². The number of sulfonamides is 1. The van der Waals surface area contributed by atoms with Crippen LogP contribution in [0.5, 0.6) is 5.75 Å². The first-order valence-electron chi connectivity index (χ1n) is 11.2. The van der Waals surface area contributed by atoms with E-state index in [9.17, 15) is 8.42 Å². The van der Waals surface area contributed by atoms with Crippen molar-refractivity contribution < 1.29 is 13.2 Å². The normalized spacial score (nSPS) is 21.8. The third-order valence-corrected chi connectivity index (χ3v) is 8.24. The number of hydrogen-bond acceptors (Lipinski definition) is 5. The van der Waals surface area contributed by atoms with Gasteiger partial charge in [-0.3, -0.25) is 9.80 Å². The molecule has 168 valence electrons. The molecule has 2 fully saturated rings. The lowest BCUT2D eigenvalue weighted by molar-refractivity contribution is 0.0645. The molecule has 0 bridgehead atoms. The van der Waals surface area contributed by atoms with E-state index in [1.165, 1.54) is 0 Å². The molecule has 0 amide bonds. The zero-order chi connectivity index (χ0) is 21.7. The number of aryl methyl sites for hydroxylation is 1. The van der Waals surface area contributed by atoms with E-state index >= 15 is 0 Å². The molecule has 0 spiro atoms. The smallest absolute Gasteiger partial charge is 0.243 e. The van der Waals surface area contributed by atoms with Crippen molar-refractivity contribution in [2.75, 3.05) is 52.4 Å². The molecule has 0 N–H and O–H groups in total. The van der Waals surface area contributed by atoms with Crippen LogP contribution in [0.2, 0.25) is 0 Å². The van der Waals surface area contributed by atoms with Gasteiger partial charge in [0.05, 0.1) is 4.90 Å². The van der Waals surface area contributed by atoms with Crippen LogP contribution in [0.25, 0.3) is 0 Å². The second kappa shape index (κ2) is 10.1. The van der Waals surface area contributed by atoms with E-state index in [1.54, 1.807) is 16.4 Å². The molecule has 7 heteroatoms. The second-order valence-corrected chi connectivity index (χ2v) is 10.4. The predicted molar refractivity (Wildman–Crippen MR) is 123 cm³/mol. The first-order valence-corrected chi connectivity index (χ1v) is 12.7. The van der Waals surface area contributed by atoms with Gasteiger partial charge in [-0.1, -0.05) is 35.9 Å². The average Bonchev–Trinajstić information content (AvgIpc) is 2.81. The van der Waals surface area contributed by atoms with Crippen molar-refractivity contribution in [1.29, 1.82) is 0 Å². The van der Waals surface area contributed by atoms with Gasteiger partial charge in [0.25, 0.3) is 0 Å². The maximum atomic E-state index is 13.1. The summed E-state index contributed by atoms with van der Waals surface area (Å²) in [6, 6.07) is 17.4. The highest BCUT2D eigenvalue weighted by molar-refractivity contribution is 7.89. The molecule has 2 heterocycles. The van der Waals surface area contributed by atoms with Crippen molar-refractivity contribution >= 4 is 10.0 Å². The van der Waals surface area contributed by atoms with E-state index in [0.29, 0.717) is 30.6 Å². The predicted octanol–water partition coefficient (Wildman–Crippen LogP) is 2.84. The van der Waals surface area contributed by atoms with Crippen molar-refractivity contribution in [2.24, 2.45) is 0 Å². The molecule has 4 rings (SSSR count). The van der Waals surface area contributed by atoms with Gasteiger partial charge < -0.3 is 4.74 Å². The SMILES string of the molecule is Cc1ccc(S(=O)(=O)N2CCCC(N3CCN(CCOc4ccccc4)CC3)C2)cc1. The van der Waals surface area contributed by atoms with Crippen molar-refractivity contribution in [3.8, 4) is 5.75 Å². The quantitative estimate of drug-likeness (QED) is 0.659. The highest BCUT2D eigenvalue weighted by Gasteiger charge is 2.33. The highest BCUT2D eigenvalue weighted by Crippen LogP contribution is 2.24. The molecular weight excluding hydrogens is 410 g/mol. The van der Waals surface area contributed by atoms with Crippen LogP contribution in [0.1, 0.15) is 18.4 Å². The first-order chi connectivity index (χ1) is 15.0. The van der Waals surface area contributed by atoms with Gasteiger partial charge in [-0.25, -0.2) is 8.42 Å². The van der Waals surface area contributed by atoms with Gasteiger partial charge in [-0.2, -0.15) is 4.31 Å². The summed E-state index contributed by atoms with van der Waals surface area (Å²) in [6.07, 6.45) is 1.98. The topological polar surface area (TPSA) is 53.1 Å². The third-order valence-electron chi connectivity index (χ3n) is 6.36. The standard InChI is InChI=1S/C24H33N3O3S/c1-21-9-11-24(12-10-21)31(28,29)27-13-5-6-22(20-27)26-16-14-25(15-17-26)18-19-30-23-7-3-2-4-8-23/h2-4,7-12,22H,5-6,13-20H2,1H3. The summed E-state index contributed by atoms with van der Waals surface area (Å²) in [6.45, 7) is 8.75. The largest absolute Gasteiger partial charge is 0.492 e. The van der Waals surface area contributed by atoms with Gasteiger partial charge >= 0.3 is 0 Å². The van der Waals surface area contributed by atoms with E-state index in [0.717, 1.165) is 56.9 Å². The first kappa shape index (κ1) is 22.3. The second-order valence-electron chi connectivity index (χ2n) is 8.51. The number of piperidine rings is 1. The number of ether oxygens (including phenoxy) is 1. The van der Waals surface area contributed by atoms with Crippen molar-refractivity contribution in [3.05, 3.63) is 60.2 Å². The van der Waals surface area contributed by atoms with Crippen LogP contribution >= 0.6 is 0 Å². The van der Waals surface area contributed by atoms with Crippen LogP contribution in [0.3, 0.4) is 0 Å². The van der Waals surface area contributed by atoms with Crippen LogP contribution in [-0.2, 0) is 10.0 Å². The van der Waals surface area contributed by atoms with E-state index in [-0.39, 0.29) is 0 Å². The monoisotopic (exact) mass is 443 g/mol. The Morgan fingerprint density at radius 1 is 0.935 bits per heavy atom. The zero-order valence-electron chi connectivity index (χ0n) is 18.3. The van der Waals surface area contributed by atoms with Crippen LogP contribution in [-0.4, -0.2) is 81.0 Å². The minimum absolute atomic E-state index is 0.302. The number of rotatable bonds is 7. The molecule has 0 saturated carbocycles. The Balaban J connectivity index is 1.26. The fraction of sp³-hybridized carbons (Fsp3) is 0.500. The minimum Gasteiger partial charge on any atom is -0.492 e. The summed E-state index contributed by atoms with van der Waals surface area (Å²) in [5.41, 5.74) is 1.07. The molecule has 2 aliphatic rings. The van der Waals surface area contributed by atoms with Gasteiger partial charge in [-0.05, 0) is 44.0 Å².